The van der Waals surface area contributed by atoms with Crippen LogP contribution in [-0.2, 0) is 33.3 Å². The van der Waals surface area contributed by atoms with Crippen LogP contribution >= 0.6 is 31.9 Å². The predicted molar refractivity (Wildman–Crippen MR) is 92.0 cm³/mol. The van der Waals surface area contributed by atoms with Gasteiger partial charge in [-0.2, -0.15) is 0 Å². The molecular formula is C15H20Br2O8. The third-order valence-corrected chi connectivity index (χ3v) is 5.11. The van der Waals surface area contributed by atoms with Gasteiger partial charge in [0.1, 0.15) is 15.9 Å². The van der Waals surface area contributed by atoms with Gasteiger partial charge in [-0.1, -0.05) is 31.9 Å². The van der Waals surface area contributed by atoms with Crippen molar-refractivity contribution in [2.45, 2.75) is 53.9 Å². The first-order valence-electron chi connectivity index (χ1n) is 7.45. The van der Waals surface area contributed by atoms with Crippen LogP contribution < -0.4 is 0 Å². The minimum absolute atomic E-state index is 0.0688. The highest BCUT2D eigenvalue weighted by molar-refractivity contribution is 9.24. The van der Waals surface area contributed by atoms with Gasteiger partial charge in [0, 0.05) is 12.0 Å². The highest BCUT2D eigenvalue weighted by Gasteiger charge is 2.53. The summed E-state index contributed by atoms with van der Waals surface area (Å²) in [6.07, 6.45) is -0.388. The van der Waals surface area contributed by atoms with E-state index >= 15 is 0 Å². The molecule has 0 aromatic rings. The van der Waals surface area contributed by atoms with Crippen LogP contribution in [0.4, 0.5) is 0 Å². The molecule has 1 saturated heterocycles. The number of carbonyl (C=O) groups excluding carboxylic acids is 2. The monoisotopic (exact) mass is 486 g/mol. The van der Waals surface area contributed by atoms with Crippen LogP contribution in [0.5, 0.6) is 0 Å². The lowest BCUT2D eigenvalue weighted by molar-refractivity contribution is -0.250. The summed E-state index contributed by atoms with van der Waals surface area (Å²) in [6.45, 7) is 3.44. The Morgan fingerprint density at radius 1 is 1.32 bits per heavy atom. The van der Waals surface area contributed by atoms with Gasteiger partial charge in [0.2, 0.25) is 0 Å². The van der Waals surface area contributed by atoms with Crippen molar-refractivity contribution in [2.24, 2.45) is 0 Å². The van der Waals surface area contributed by atoms with Crippen LogP contribution in [0.1, 0.15) is 20.3 Å². The van der Waals surface area contributed by atoms with E-state index in [0.29, 0.717) is 5.57 Å². The Kier molecular flexibility index (Phi) is 6.33. The van der Waals surface area contributed by atoms with E-state index in [4.69, 9.17) is 18.9 Å². The first-order valence-corrected chi connectivity index (χ1v) is 9.28. The van der Waals surface area contributed by atoms with E-state index in [1.807, 2.05) is 0 Å². The second-order valence-electron chi connectivity index (χ2n) is 6.10. The standard InChI is InChI=1S/C15H20Br2O8/c1-14(2)23-8-5-7(11(18)21-3)6-9(10(8)25-14)24-15(20,12(16)17)13(19)22-4/h5,8-10,12,20H,6H2,1-4H3/t8-,9-,10-,15?/m1/s1. The molecule has 0 bridgehead atoms. The number of ether oxygens (including phenoxy) is 5. The summed E-state index contributed by atoms with van der Waals surface area (Å²) in [5.41, 5.74) is 0.308. The molecule has 10 heteroatoms. The maximum Gasteiger partial charge on any atom is 0.368 e. The number of hydrogen-bond acceptors (Lipinski definition) is 8. The molecule has 1 aliphatic heterocycles. The van der Waals surface area contributed by atoms with E-state index in [9.17, 15) is 14.7 Å². The van der Waals surface area contributed by atoms with Gasteiger partial charge in [0.15, 0.2) is 5.79 Å². The van der Waals surface area contributed by atoms with Crippen molar-refractivity contribution < 1.29 is 38.4 Å². The summed E-state index contributed by atoms with van der Waals surface area (Å²) < 4.78 is 25.7. The topological polar surface area (TPSA) is 101 Å². The zero-order chi connectivity index (χ0) is 19.0. The van der Waals surface area contributed by atoms with Crippen molar-refractivity contribution >= 4 is 43.8 Å². The van der Waals surface area contributed by atoms with E-state index in [0.717, 1.165) is 7.11 Å². The van der Waals surface area contributed by atoms with Crippen molar-refractivity contribution in [1.29, 1.82) is 0 Å². The minimum Gasteiger partial charge on any atom is -0.466 e. The summed E-state index contributed by atoms with van der Waals surface area (Å²) in [7, 11) is 2.39. The largest absolute Gasteiger partial charge is 0.466 e. The van der Waals surface area contributed by atoms with Gasteiger partial charge in [0.25, 0.3) is 5.79 Å². The SMILES string of the molecule is COC(=O)C1=C[C@H]2OC(C)(C)O[C@H]2[C@H](OC(O)(C(=O)OC)C(Br)Br)C1. The zero-order valence-corrected chi connectivity index (χ0v) is 17.3. The molecule has 142 valence electrons. The summed E-state index contributed by atoms with van der Waals surface area (Å²) in [4.78, 5) is 23.9. The summed E-state index contributed by atoms with van der Waals surface area (Å²) >= 11 is 6.16. The first kappa shape index (κ1) is 20.8. The van der Waals surface area contributed by atoms with E-state index in [2.05, 4.69) is 36.6 Å². The third-order valence-electron chi connectivity index (χ3n) is 3.87. The molecule has 1 aliphatic carbocycles. The summed E-state index contributed by atoms with van der Waals surface area (Å²) in [5, 5.41) is 10.6. The van der Waals surface area contributed by atoms with Crippen LogP contribution in [0.25, 0.3) is 0 Å². The van der Waals surface area contributed by atoms with E-state index in [1.54, 1.807) is 19.9 Å². The molecule has 0 spiro atoms. The van der Waals surface area contributed by atoms with E-state index in [1.165, 1.54) is 7.11 Å². The Labute approximate surface area is 162 Å². The highest BCUT2D eigenvalue weighted by atomic mass is 79.9. The van der Waals surface area contributed by atoms with Crippen LogP contribution in [0.3, 0.4) is 0 Å². The van der Waals surface area contributed by atoms with Crippen molar-refractivity contribution in [3.05, 3.63) is 11.6 Å². The number of fused-ring (bicyclic) bond motifs is 1. The van der Waals surface area contributed by atoms with Crippen molar-refractivity contribution in [3.8, 4) is 0 Å². The van der Waals surface area contributed by atoms with Gasteiger partial charge >= 0.3 is 11.9 Å². The minimum atomic E-state index is -2.33. The third kappa shape index (κ3) is 4.25. The molecule has 2 rings (SSSR count). The summed E-state index contributed by atoms with van der Waals surface area (Å²) in [6, 6.07) is 0. The molecule has 0 amide bonds. The van der Waals surface area contributed by atoms with Crippen molar-refractivity contribution in [2.75, 3.05) is 14.2 Å². The fourth-order valence-corrected chi connectivity index (χ4v) is 3.38. The normalized spacial score (nSPS) is 30.2. The Morgan fingerprint density at radius 2 is 1.96 bits per heavy atom. The average molecular weight is 488 g/mol. The predicted octanol–water partition coefficient (Wildman–Crippen LogP) is 1.37. The van der Waals surface area contributed by atoms with Gasteiger partial charge < -0.3 is 28.8 Å². The molecule has 0 aromatic carbocycles. The highest BCUT2D eigenvalue weighted by Crippen LogP contribution is 2.40. The van der Waals surface area contributed by atoms with Crippen molar-refractivity contribution in [1.82, 2.24) is 0 Å². The molecule has 1 N–H and O–H groups in total. The van der Waals surface area contributed by atoms with Gasteiger partial charge in [-0.15, -0.1) is 0 Å². The van der Waals surface area contributed by atoms with E-state index in [-0.39, 0.29) is 6.42 Å². The Morgan fingerprint density at radius 3 is 2.48 bits per heavy atom. The molecular weight excluding hydrogens is 468 g/mol. The van der Waals surface area contributed by atoms with E-state index < -0.39 is 45.6 Å². The smallest absolute Gasteiger partial charge is 0.368 e. The van der Waals surface area contributed by atoms with Crippen molar-refractivity contribution in [3.63, 3.8) is 0 Å². The average Bonchev–Trinajstić information content (AvgIpc) is 2.86. The number of aliphatic hydroxyl groups is 1. The second kappa shape index (κ2) is 7.61. The fourth-order valence-electron chi connectivity index (χ4n) is 2.79. The van der Waals surface area contributed by atoms with Crippen LogP contribution in [0, 0.1) is 0 Å². The number of carbonyl (C=O) groups is 2. The van der Waals surface area contributed by atoms with Gasteiger partial charge in [-0.25, -0.2) is 9.59 Å². The number of methoxy groups -OCH3 is 2. The lowest BCUT2D eigenvalue weighted by Crippen LogP contribution is -2.54. The van der Waals surface area contributed by atoms with Crippen LogP contribution in [0.15, 0.2) is 11.6 Å². The lowest BCUT2D eigenvalue weighted by Gasteiger charge is -2.36. The fraction of sp³-hybridized carbons (Fsp3) is 0.733. The number of hydrogen-bond donors (Lipinski definition) is 1. The molecule has 1 fully saturated rings. The molecule has 4 atom stereocenters. The second-order valence-corrected chi connectivity index (χ2v) is 9.16. The Balaban J connectivity index is 2.33. The molecule has 8 nitrogen and oxygen atoms in total. The number of esters is 2. The number of alkyl halides is 2. The zero-order valence-electron chi connectivity index (χ0n) is 14.2. The maximum atomic E-state index is 12.0. The van der Waals surface area contributed by atoms with Gasteiger partial charge in [-0.05, 0) is 19.9 Å². The first-order chi connectivity index (χ1) is 11.5. The summed E-state index contributed by atoms with van der Waals surface area (Å²) in [5.74, 6) is -4.80. The number of halogens is 2. The number of rotatable bonds is 5. The molecule has 2 aliphatic rings. The maximum absolute atomic E-state index is 12.0. The van der Waals surface area contributed by atoms with Crippen LogP contribution in [0.2, 0.25) is 0 Å². The quantitative estimate of drug-likeness (QED) is 0.352. The molecule has 1 heterocycles. The molecule has 0 aromatic heterocycles. The van der Waals surface area contributed by atoms with Crippen LogP contribution in [-0.4, -0.2) is 64.9 Å². The molecule has 1 unspecified atom stereocenters. The van der Waals surface area contributed by atoms with Gasteiger partial charge in [0.05, 0.1) is 20.3 Å². The Bertz CT molecular complexity index is 576. The van der Waals surface area contributed by atoms with Gasteiger partial charge in [-0.3, -0.25) is 0 Å². The lowest BCUT2D eigenvalue weighted by atomic mass is 9.92. The molecule has 0 saturated carbocycles. The Hall–Kier alpha value is -0.520. The molecule has 25 heavy (non-hydrogen) atoms. The molecule has 0 radical (unpaired) electrons.